The lowest BCUT2D eigenvalue weighted by Gasteiger charge is -2.35. The Morgan fingerprint density at radius 1 is 1.05 bits per heavy atom. The van der Waals surface area contributed by atoms with Crippen molar-refractivity contribution in [3.8, 4) is 0 Å². The Kier molecular flexibility index (Phi) is 8.17. The van der Waals surface area contributed by atoms with Crippen molar-refractivity contribution in [1.82, 2.24) is 9.80 Å². The van der Waals surface area contributed by atoms with Crippen LogP contribution in [0.3, 0.4) is 0 Å². The van der Waals surface area contributed by atoms with Gasteiger partial charge in [-0.25, -0.2) is 0 Å². The second kappa shape index (κ2) is 11.5. The zero-order valence-corrected chi connectivity index (χ0v) is 20.7. The Bertz CT molecular complexity index is 1150. The number of ether oxygens (including phenoxy) is 1. The van der Waals surface area contributed by atoms with Crippen LogP contribution >= 0.6 is 0 Å². The van der Waals surface area contributed by atoms with Crippen LogP contribution in [0.2, 0.25) is 0 Å². The van der Waals surface area contributed by atoms with E-state index in [0.717, 1.165) is 19.6 Å². The quantitative estimate of drug-likeness (QED) is 0.314. The molecule has 5 N–H and O–H groups in total. The van der Waals surface area contributed by atoms with E-state index in [4.69, 9.17) is 15.9 Å². The predicted molar refractivity (Wildman–Crippen MR) is 139 cm³/mol. The fourth-order valence-electron chi connectivity index (χ4n) is 4.41. The summed E-state index contributed by atoms with van der Waals surface area (Å²) in [5.41, 5.74) is 7.40. The molecule has 37 heavy (non-hydrogen) atoms. The third-order valence-corrected chi connectivity index (χ3v) is 6.67. The maximum absolute atomic E-state index is 13.1. The number of morpholine rings is 1. The van der Waals surface area contributed by atoms with Crippen LogP contribution < -0.4 is 16.0 Å². The van der Waals surface area contributed by atoms with Crippen molar-refractivity contribution in [3.63, 3.8) is 0 Å². The summed E-state index contributed by atoms with van der Waals surface area (Å²) in [5.74, 6) is -1.49. The highest BCUT2D eigenvalue weighted by molar-refractivity contribution is 6.04. The fraction of sp³-hybridized carbons (Fsp3) is 0.385. The molecule has 11 heteroatoms. The second-order valence-corrected chi connectivity index (χ2v) is 8.98. The molecule has 2 saturated heterocycles. The molecule has 4 rings (SSSR count). The van der Waals surface area contributed by atoms with Gasteiger partial charge < -0.3 is 35.6 Å². The number of nitrogens with one attached hydrogen (secondary N) is 2. The number of rotatable bonds is 7. The van der Waals surface area contributed by atoms with Crippen LogP contribution in [0.15, 0.2) is 48.5 Å². The lowest BCUT2D eigenvalue weighted by molar-refractivity contribution is -0.150. The summed E-state index contributed by atoms with van der Waals surface area (Å²) in [6.45, 7) is 6.52. The van der Waals surface area contributed by atoms with Gasteiger partial charge in [0.1, 0.15) is 5.84 Å². The van der Waals surface area contributed by atoms with Crippen molar-refractivity contribution in [2.24, 2.45) is 5.73 Å². The number of nitrogens with zero attached hydrogens (tertiary/aromatic N) is 3. The number of benzene rings is 2. The van der Waals surface area contributed by atoms with Crippen molar-refractivity contribution >= 4 is 34.9 Å². The molecule has 0 aliphatic carbocycles. The highest BCUT2D eigenvalue weighted by atomic mass is 16.5. The highest BCUT2D eigenvalue weighted by Crippen LogP contribution is 2.22. The number of carbonyl (C=O) groups is 3. The van der Waals surface area contributed by atoms with Crippen molar-refractivity contribution in [2.75, 3.05) is 56.1 Å². The van der Waals surface area contributed by atoms with Gasteiger partial charge in [-0.15, -0.1) is 0 Å². The van der Waals surface area contributed by atoms with Crippen LogP contribution in [0, 0.1) is 5.41 Å². The van der Waals surface area contributed by atoms with Gasteiger partial charge >= 0.3 is 0 Å². The Labute approximate surface area is 215 Å². The summed E-state index contributed by atoms with van der Waals surface area (Å²) in [6, 6.07) is 13.0. The van der Waals surface area contributed by atoms with Gasteiger partial charge in [-0.1, -0.05) is 6.92 Å². The average Bonchev–Trinajstić information content (AvgIpc) is 2.93. The first-order valence-corrected chi connectivity index (χ1v) is 12.3. The maximum atomic E-state index is 13.1. The molecule has 2 aliphatic rings. The summed E-state index contributed by atoms with van der Waals surface area (Å²) in [4.78, 5) is 44.2. The Morgan fingerprint density at radius 2 is 1.68 bits per heavy atom. The molecule has 0 unspecified atom stereocenters. The maximum Gasteiger partial charge on any atom is 0.259 e. The van der Waals surface area contributed by atoms with E-state index in [1.165, 1.54) is 4.90 Å². The summed E-state index contributed by atoms with van der Waals surface area (Å²) in [6.07, 6.45) is -3.10. The van der Waals surface area contributed by atoms with E-state index in [1.807, 2.05) is 4.90 Å². The minimum absolute atomic E-state index is 0.0445. The van der Waals surface area contributed by atoms with Crippen molar-refractivity contribution in [1.29, 1.82) is 5.41 Å². The van der Waals surface area contributed by atoms with Gasteiger partial charge in [-0.2, -0.15) is 0 Å². The summed E-state index contributed by atoms with van der Waals surface area (Å²) < 4.78 is 5.46. The number of hydrogen-bond donors (Lipinski definition) is 4. The molecule has 2 atom stereocenters. The molecule has 2 aliphatic heterocycles. The number of amidine groups is 1. The van der Waals surface area contributed by atoms with E-state index in [1.54, 1.807) is 48.5 Å². The molecule has 0 spiro atoms. The van der Waals surface area contributed by atoms with Crippen molar-refractivity contribution in [2.45, 2.75) is 19.1 Å². The lowest BCUT2D eigenvalue weighted by Crippen LogP contribution is -2.55. The molecule has 0 bridgehead atoms. The first kappa shape index (κ1) is 26.3. The smallest absolute Gasteiger partial charge is 0.259 e. The van der Waals surface area contributed by atoms with Gasteiger partial charge in [0, 0.05) is 55.2 Å². The molecule has 196 valence electrons. The zero-order valence-electron chi connectivity index (χ0n) is 20.7. The fourth-order valence-corrected chi connectivity index (χ4v) is 4.41. The van der Waals surface area contributed by atoms with Gasteiger partial charge in [-0.05, 0) is 55.1 Å². The number of carbonyl (C=O) groups excluding carboxylic acids is 3. The third-order valence-electron chi connectivity index (χ3n) is 6.67. The van der Waals surface area contributed by atoms with Crippen LogP contribution in [-0.4, -0.2) is 96.5 Å². The molecule has 0 radical (unpaired) electrons. The number of hydrogen-bond acceptors (Lipinski definition) is 7. The molecular formula is C26H32N6O5. The average molecular weight is 509 g/mol. The summed E-state index contributed by atoms with van der Waals surface area (Å²) >= 11 is 0. The van der Waals surface area contributed by atoms with Crippen LogP contribution in [0.5, 0.6) is 0 Å². The molecule has 2 aromatic carbocycles. The van der Waals surface area contributed by atoms with Crippen LogP contribution in [0.1, 0.15) is 22.8 Å². The number of likely N-dealkylation sites (N-methyl/N-ethyl adjacent to an activating group) is 1. The largest absolute Gasteiger partial charge is 0.384 e. The van der Waals surface area contributed by atoms with Crippen LogP contribution in [0.4, 0.5) is 11.4 Å². The number of piperazine rings is 1. The SMILES string of the molecule is CCN1CCN(C(=O)c2ccc(N3CCO[C@H]([C@@H](O)C(=O)Nc4ccc(C(=N)N)cc4)C3=O)cc2)CC1. The number of anilines is 2. The number of nitrogens with two attached hydrogens (primary N) is 1. The van der Waals surface area contributed by atoms with Crippen molar-refractivity contribution in [3.05, 3.63) is 59.7 Å². The molecule has 2 aromatic rings. The van der Waals surface area contributed by atoms with Gasteiger partial charge in [0.15, 0.2) is 12.2 Å². The van der Waals surface area contributed by atoms with Gasteiger partial charge in [0.2, 0.25) is 0 Å². The third kappa shape index (κ3) is 5.96. The van der Waals surface area contributed by atoms with Crippen LogP contribution in [-0.2, 0) is 14.3 Å². The van der Waals surface area contributed by atoms with Gasteiger partial charge in [0.25, 0.3) is 17.7 Å². The van der Waals surface area contributed by atoms with Gasteiger partial charge in [-0.3, -0.25) is 19.8 Å². The van der Waals surface area contributed by atoms with E-state index in [2.05, 4.69) is 17.1 Å². The first-order valence-electron chi connectivity index (χ1n) is 12.3. The highest BCUT2D eigenvalue weighted by Gasteiger charge is 2.39. The van der Waals surface area contributed by atoms with E-state index in [9.17, 15) is 19.5 Å². The normalized spacial score (nSPS) is 19.4. The number of aliphatic hydroxyl groups is 1. The standard InChI is InChI=1S/C26H32N6O5/c1-2-30-11-13-31(14-12-30)25(35)18-5-9-20(10-6-18)32-15-16-37-22(26(32)36)21(33)24(34)29-19-7-3-17(4-8-19)23(27)28/h3-10,21-22,33H,2,11-16H2,1H3,(H3,27,28)(H,29,34)/t21-,22-/m1/s1. The molecule has 2 heterocycles. The summed E-state index contributed by atoms with van der Waals surface area (Å²) in [7, 11) is 0. The monoisotopic (exact) mass is 508 g/mol. The van der Waals surface area contributed by atoms with Crippen LogP contribution in [0.25, 0.3) is 0 Å². The number of nitrogen functional groups attached to an aromatic ring is 1. The Hall–Kier alpha value is -3.80. The Balaban J connectivity index is 1.38. The van der Waals surface area contributed by atoms with Gasteiger partial charge in [0.05, 0.1) is 6.61 Å². The number of amides is 3. The van der Waals surface area contributed by atoms with Crippen molar-refractivity contribution < 1.29 is 24.2 Å². The zero-order chi connectivity index (χ0) is 26.5. The van der Waals surface area contributed by atoms with E-state index >= 15 is 0 Å². The second-order valence-electron chi connectivity index (χ2n) is 8.98. The van der Waals surface area contributed by atoms with E-state index in [0.29, 0.717) is 35.6 Å². The molecule has 11 nitrogen and oxygen atoms in total. The lowest BCUT2D eigenvalue weighted by atomic mass is 10.1. The minimum atomic E-state index is -1.73. The minimum Gasteiger partial charge on any atom is -0.384 e. The molecule has 0 saturated carbocycles. The first-order chi connectivity index (χ1) is 17.8. The van der Waals surface area contributed by atoms with E-state index < -0.39 is 24.0 Å². The molecule has 3 amide bonds. The molecule has 2 fully saturated rings. The molecule has 0 aromatic heterocycles. The topological polar surface area (TPSA) is 152 Å². The summed E-state index contributed by atoms with van der Waals surface area (Å²) in [5, 5.41) is 20.6. The Morgan fingerprint density at radius 3 is 2.27 bits per heavy atom. The molecular weight excluding hydrogens is 476 g/mol. The van der Waals surface area contributed by atoms with E-state index in [-0.39, 0.29) is 24.9 Å². The number of aliphatic hydroxyl groups excluding tert-OH is 1. The predicted octanol–water partition coefficient (Wildman–Crippen LogP) is 0.480.